The van der Waals surface area contributed by atoms with E-state index in [4.69, 9.17) is 9.47 Å². The van der Waals surface area contributed by atoms with Crippen molar-refractivity contribution in [3.8, 4) is 11.5 Å². The van der Waals surface area contributed by atoms with Gasteiger partial charge in [-0.2, -0.15) is 0 Å². The van der Waals surface area contributed by atoms with Crippen molar-refractivity contribution in [2.75, 3.05) is 26.3 Å². The van der Waals surface area contributed by atoms with Crippen molar-refractivity contribution >= 4 is 34.9 Å². The second-order valence-corrected chi connectivity index (χ2v) is 8.80. The van der Waals surface area contributed by atoms with Crippen LogP contribution < -0.4 is 14.8 Å². The molecule has 1 aromatic carbocycles. The monoisotopic (exact) mass is 434 g/mol. The number of carbonyl (C=O) groups is 3. The van der Waals surface area contributed by atoms with E-state index in [-0.39, 0.29) is 23.3 Å². The predicted octanol–water partition coefficient (Wildman–Crippen LogP) is 3.93. The van der Waals surface area contributed by atoms with E-state index in [1.54, 1.807) is 18.2 Å². The normalized spacial score (nSPS) is 15.4. The van der Waals surface area contributed by atoms with Gasteiger partial charge < -0.3 is 14.8 Å². The van der Waals surface area contributed by atoms with Gasteiger partial charge >= 0.3 is 0 Å². The van der Waals surface area contributed by atoms with Gasteiger partial charge in [-0.05, 0) is 54.3 Å². The predicted molar refractivity (Wildman–Crippen MR) is 118 cm³/mol. The Balaban J connectivity index is 2.14. The summed E-state index contributed by atoms with van der Waals surface area (Å²) in [5.41, 5.74) is 0.713. The van der Waals surface area contributed by atoms with Gasteiger partial charge in [-0.3, -0.25) is 19.3 Å². The minimum absolute atomic E-state index is 0.273. The lowest BCUT2D eigenvalue weighted by Crippen LogP contribution is -2.40. The summed E-state index contributed by atoms with van der Waals surface area (Å²) in [7, 11) is 0. The SMILES string of the molecule is CCOc1cc(/C=C2\SC(=O)N(CC(=O)NCC(C)C)C2=O)ccc1OCC(C)C. The van der Waals surface area contributed by atoms with Crippen molar-refractivity contribution in [3.63, 3.8) is 0 Å². The fourth-order valence-electron chi connectivity index (χ4n) is 2.56. The van der Waals surface area contributed by atoms with Gasteiger partial charge in [-0.1, -0.05) is 33.8 Å². The van der Waals surface area contributed by atoms with E-state index in [0.29, 0.717) is 42.7 Å². The van der Waals surface area contributed by atoms with Crippen LogP contribution in [0.5, 0.6) is 11.5 Å². The summed E-state index contributed by atoms with van der Waals surface area (Å²) in [6.45, 7) is 11.2. The van der Waals surface area contributed by atoms with Crippen molar-refractivity contribution in [1.29, 1.82) is 0 Å². The van der Waals surface area contributed by atoms with Crippen LogP contribution in [-0.4, -0.2) is 48.3 Å². The minimum atomic E-state index is -0.470. The molecule has 0 atom stereocenters. The van der Waals surface area contributed by atoms with Gasteiger partial charge in [-0.15, -0.1) is 0 Å². The molecule has 1 saturated heterocycles. The van der Waals surface area contributed by atoms with Crippen LogP contribution in [0.25, 0.3) is 6.08 Å². The van der Waals surface area contributed by atoms with Crippen LogP contribution in [-0.2, 0) is 9.59 Å². The Labute approximate surface area is 182 Å². The molecule has 1 heterocycles. The summed E-state index contributed by atoms with van der Waals surface area (Å²) >= 11 is 0.827. The van der Waals surface area contributed by atoms with Crippen molar-refractivity contribution in [2.24, 2.45) is 11.8 Å². The molecule has 2 rings (SSSR count). The highest BCUT2D eigenvalue weighted by Crippen LogP contribution is 2.34. The maximum atomic E-state index is 12.6. The molecule has 30 heavy (non-hydrogen) atoms. The number of nitrogens with one attached hydrogen (secondary N) is 1. The molecule has 0 bridgehead atoms. The summed E-state index contributed by atoms with van der Waals surface area (Å²) in [5.74, 6) is 1.07. The summed E-state index contributed by atoms with van der Waals surface area (Å²) in [6, 6.07) is 5.38. The zero-order valence-electron chi connectivity index (χ0n) is 18.2. The first-order valence-electron chi connectivity index (χ1n) is 10.1. The number of benzene rings is 1. The van der Waals surface area contributed by atoms with E-state index in [1.165, 1.54) is 0 Å². The fraction of sp³-hybridized carbons (Fsp3) is 0.500. The fourth-order valence-corrected chi connectivity index (χ4v) is 3.40. The molecule has 0 aromatic heterocycles. The number of ether oxygens (including phenoxy) is 2. The lowest BCUT2D eigenvalue weighted by atomic mass is 10.1. The third-order valence-electron chi connectivity index (χ3n) is 4.02. The Kier molecular flexibility index (Phi) is 8.77. The minimum Gasteiger partial charge on any atom is -0.490 e. The van der Waals surface area contributed by atoms with E-state index in [9.17, 15) is 14.4 Å². The van der Waals surface area contributed by atoms with Crippen LogP contribution in [0.15, 0.2) is 23.1 Å². The molecule has 0 spiro atoms. The first kappa shape index (κ1) is 23.8. The second kappa shape index (κ2) is 11.1. The van der Waals surface area contributed by atoms with Gasteiger partial charge in [0.05, 0.1) is 18.1 Å². The van der Waals surface area contributed by atoms with Crippen LogP contribution in [0.4, 0.5) is 4.79 Å². The standard InChI is InChI=1S/C22H30N2O5S/c1-6-28-18-9-16(7-8-17(18)29-13-15(4)5)10-19-21(26)24(22(27)30-19)12-20(25)23-11-14(2)3/h7-10,14-15H,6,11-13H2,1-5H3,(H,23,25)/b19-10-. The molecule has 7 nitrogen and oxygen atoms in total. The zero-order chi connectivity index (χ0) is 22.3. The van der Waals surface area contributed by atoms with Crippen molar-refractivity contribution in [2.45, 2.75) is 34.6 Å². The number of rotatable bonds is 10. The molecule has 0 unspecified atom stereocenters. The molecule has 1 aliphatic rings. The second-order valence-electron chi connectivity index (χ2n) is 7.81. The molecule has 3 amide bonds. The van der Waals surface area contributed by atoms with Crippen LogP contribution in [0.2, 0.25) is 0 Å². The van der Waals surface area contributed by atoms with Gasteiger partial charge in [0.15, 0.2) is 11.5 Å². The highest BCUT2D eigenvalue weighted by Gasteiger charge is 2.36. The third kappa shape index (κ3) is 6.79. The van der Waals surface area contributed by atoms with Crippen LogP contribution >= 0.6 is 11.8 Å². The van der Waals surface area contributed by atoms with Crippen LogP contribution in [0.3, 0.4) is 0 Å². The first-order valence-corrected chi connectivity index (χ1v) is 10.9. The van der Waals surface area contributed by atoms with Crippen LogP contribution in [0.1, 0.15) is 40.2 Å². The lowest BCUT2D eigenvalue weighted by molar-refractivity contribution is -0.129. The van der Waals surface area contributed by atoms with Crippen LogP contribution in [0, 0.1) is 11.8 Å². The number of hydrogen-bond donors (Lipinski definition) is 1. The van der Waals surface area contributed by atoms with Gasteiger partial charge in [-0.25, -0.2) is 0 Å². The maximum Gasteiger partial charge on any atom is 0.294 e. The van der Waals surface area contributed by atoms with Crippen molar-refractivity contribution < 1.29 is 23.9 Å². The van der Waals surface area contributed by atoms with Gasteiger partial charge in [0.1, 0.15) is 6.54 Å². The van der Waals surface area contributed by atoms with E-state index >= 15 is 0 Å². The smallest absolute Gasteiger partial charge is 0.294 e. The molecule has 164 valence electrons. The molecule has 1 fully saturated rings. The first-order chi connectivity index (χ1) is 14.2. The number of amides is 3. The summed E-state index contributed by atoms with van der Waals surface area (Å²) in [4.78, 5) is 38.1. The number of nitrogens with zero attached hydrogens (tertiary/aromatic N) is 1. The molecular weight excluding hydrogens is 404 g/mol. The molecule has 1 N–H and O–H groups in total. The van der Waals surface area contributed by atoms with Gasteiger partial charge in [0.25, 0.3) is 11.1 Å². The number of hydrogen-bond acceptors (Lipinski definition) is 6. The Morgan fingerprint density at radius 2 is 1.87 bits per heavy atom. The lowest BCUT2D eigenvalue weighted by Gasteiger charge is -2.14. The molecule has 0 radical (unpaired) electrons. The summed E-state index contributed by atoms with van der Waals surface area (Å²) in [6.07, 6.45) is 1.63. The summed E-state index contributed by atoms with van der Waals surface area (Å²) < 4.78 is 11.5. The molecule has 1 aromatic rings. The van der Waals surface area contributed by atoms with Gasteiger partial charge in [0, 0.05) is 6.54 Å². The highest BCUT2D eigenvalue weighted by atomic mass is 32.2. The maximum absolute atomic E-state index is 12.6. The molecule has 0 aliphatic carbocycles. The largest absolute Gasteiger partial charge is 0.490 e. The Bertz CT molecular complexity index is 820. The Morgan fingerprint density at radius 3 is 2.50 bits per heavy atom. The molecule has 0 saturated carbocycles. The van der Waals surface area contributed by atoms with E-state index in [1.807, 2.05) is 26.8 Å². The zero-order valence-corrected chi connectivity index (χ0v) is 19.0. The highest BCUT2D eigenvalue weighted by molar-refractivity contribution is 8.18. The molecule has 1 aliphatic heterocycles. The van der Waals surface area contributed by atoms with Crippen molar-refractivity contribution in [3.05, 3.63) is 28.7 Å². The molecular formula is C22H30N2O5S. The topological polar surface area (TPSA) is 84.9 Å². The van der Waals surface area contributed by atoms with E-state index < -0.39 is 11.1 Å². The van der Waals surface area contributed by atoms with E-state index in [2.05, 4.69) is 19.2 Å². The van der Waals surface area contributed by atoms with E-state index in [0.717, 1.165) is 16.7 Å². The molecule has 8 heteroatoms. The Hall–Kier alpha value is -2.48. The quantitative estimate of drug-likeness (QED) is 0.562. The Morgan fingerprint density at radius 1 is 1.13 bits per heavy atom. The number of imide groups is 1. The number of carbonyl (C=O) groups excluding carboxylic acids is 3. The van der Waals surface area contributed by atoms with Gasteiger partial charge in [0.2, 0.25) is 5.91 Å². The average Bonchev–Trinajstić information content (AvgIpc) is 2.93. The number of thioether (sulfide) groups is 1. The summed E-state index contributed by atoms with van der Waals surface area (Å²) in [5, 5.41) is 2.27. The van der Waals surface area contributed by atoms with Crippen molar-refractivity contribution in [1.82, 2.24) is 10.2 Å². The average molecular weight is 435 g/mol. The third-order valence-corrected chi connectivity index (χ3v) is 4.93.